The number of rotatable bonds is 5. The molecule has 0 aliphatic carbocycles. The van der Waals surface area contributed by atoms with Gasteiger partial charge >= 0.3 is 0 Å². The third-order valence-corrected chi connectivity index (χ3v) is 3.52. The minimum Gasteiger partial charge on any atom is -0.309 e. The predicted octanol–water partition coefficient (Wildman–Crippen LogP) is 2.76. The monoisotopic (exact) mass is 259 g/mol. The van der Waals surface area contributed by atoms with E-state index in [-0.39, 0.29) is 5.56 Å². The molecule has 0 aliphatic rings. The van der Waals surface area contributed by atoms with Crippen LogP contribution in [0.2, 0.25) is 0 Å². The lowest BCUT2D eigenvalue weighted by molar-refractivity contribution is 0.424. The van der Waals surface area contributed by atoms with Gasteiger partial charge in [-0.1, -0.05) is 19.9 Å². The molecular formula is C15H21N3O. The lowest BCUT2D eigenvalue weighted by Crippen LogP contribution is -2.22. The first-order chi connectivity index (χ1) is 9.15. The summed E-state index contributed by atoms with van der Waals surface area (Å²) in [6.07, 6.45) is 5.96. The van der Waals surface area contributed by atoms with Crippen molar-refractivity contribution < 1.29 is 0 Å². The molecule has 0 bridgehead atoms. The van der Waals surface area contributed by atoms with Gasteiger partial charge in [-0.05, 0) is 31.9 Å². The molecule has 0 unspecified atom stereocenters. The predicted molar refractivity (Wildman–Crippen MR) is 76.4 cm³/mol. The summed E-state index contributed by atoms with van der Waals surface area (Å²) >= 11 is 0. The lowest BCUT2D eigenvalue weighted by atomic mass is 10.2. The molecule has 102 valence electrons. The highest BCUT2D eigenvalue weighted by Crippen LogP contribution is 2.14. The van der Waals surface area contributed by atoms with Crippen molar-refractivity contribution >= 4 is 0 Å². The van der Waals surface area contributed by atoms with Crippen LogP contribution in [0.25, 0.3) is 0 Å². The van der Waals surface area contributed by atoms with E-state index in [0.717, 1.165) is 24.1 Å². The van der Waals surface area contributed by atoms with Gasteiger partial charge in [-0.2, -0.15) is 5.10 Å². The maximum absolute atomic E-state index is 12.0. The fraction of sp³-hybridized carbons (Fsp3) is 0.467. The van der Waals surface area contributed by atoms with Crippen LogP contribution in [-0.4, -0.2) is 14.3 Å². The molecule has 0 aromatic carbocycles. The quantitative estimate of drug-likeness (QED) is 0.828. The van der Waals surface area contributed by atoms with Crippen molar-refractivity contribution in [3.8, 4) is 0 Å². The molecule has 0 fully saturated rings. The van der Waals surface area contributed by atoms with Crippen LogP contribution in [0.4, 0.5) is 0 Å². The average Bonchev–Trinajstić information content (AvgIpc) is 2.85. The summed E-state index contributed by atoms with van der Waals surface area (Å²) in [4.78, 5) is 12.0. The first kappa shape index (κ1) is 13.6. The molecule has 4 heteroatoms. The van der Waals surface area contributed by atoms with E-state index in [1.54, 1.807) is 4.57 Å². The summed E-state index contributed by atoms with van der Waals surface area (Å²) in [5.41, 5.74) is 1.75. The molecule has 0 saturated heterocycles. The van der Waals surface area contributed by atoms with Crippen LogP contribution >= 0.6 is 0 Å². The Morgan fingerprint density at radius 2 is 1.95 bits per heavy atom. The highest BCUT2D eigenvalue weighted by molar-refractivity contribution is 5.10. The number of aryl methyl sites for hydroxylation is 1. The van der Waals surface area contributed by atoms with E-state index in [4.69, 9.17) is 0 Å². The molecule has 19 heavy (non-hydrogen) atoms. The standard InChI is InChI=1S/C15H21N3O/c1-4-14(5-2)18-10-8-13(16-18)11-17-9-6-7-12(3)15(17)19/h6-10,14H,4-5,11H2,1-3H3. The summed E-state index contributed by atoms with van der Waals surface area (Å²) in [5.74, 6) is 0. The Morgan fingerprint density at radius 1 is 1.21 bits per heavy atom. The van der Waals surface area contributed by atoms with Gasteiger partial charge in [0, 0.05) is 18.0 Å². The second kappa shape index (κ2) is 5.87. The second-order valence-electron chi connectivity index (χ2n) is 4.88. The van der Waals surface area contributed by atoms with Crippen molar-refractivity contribution in [2.45, 2.75) is 46.2 Å². The van der Waals surface area contributed by atoms with Crippen LogP contribution in [0.1, 0.15) is 44.0 Å². The van der Waals surface area contributed by atoms with Crippen molar-refractivity contribution in [2.75, 3.05) is 0 Å². The molecule has 2 aromatic heterocycles. The largest absolute Gasteiger partial charge is 0.309 e. The normalized spacial score (nSPS) is 11.2. The van der Waals surface area contributed by atoms with Crippen molar-refractivity contribution in [3.63, 3.8) is 0 Å². The number of hydrogen-bond acceptors (Lipinski definition) is 2. The summed E-state index contributed by atoms with van der Waals surface area (Å²) < 4.78 is 3.71. The van der Waals surface area contributed by atoms with Gasteiger partial charge in [-0.3, -0.25) is 9.48 Å². The highest BCUT2D eigenvalue weighted by atomic mass is 16.1. The molecule has 0 atom stereocenters. The number of hydrogen-bond donors (Lipinski definition) is 0. The highest BCUT2D eigenvalue weighted by Gasteiger charge is 2.08. The first-order valence-corrected chi connectivity index (χ1v) is 6.85. The van der Waals surface area contributed by atoms with E-state index < -0.39 is 0 Å². The van der Waals surface area contributed by atoms with Gasteiger partial charge in [-0.25, -0.2) is 0 Å². The minimum absolute atomic E-state index is 0.0552. The fourth-order valence-corrected chi connectivity index (χ4v) is 2.28. The molecule has 4 nitrogen and oxygen atoms in total. The molecule has 0 N–H and O–H groups in total. The maximum Gasteiger partial charge on any atom is 0.253 e. The zero-order chi connectivity index (χ0) is 13.8. The van der Waals surface area contributed by atoms with E-state index in [0.29, 0.717) is 12.6 Å². The van der Waals surface area contributed by atoms with E-state index >= 15 is 0 Å². The Morgan fingerprint density at radius 3 is 2.63 bits per heavy atom. The number of nitrogens with zero attached hydrogens (tertiary/aromatic N) is 3. The fourth-order valence-electron chi connectivity index (χ4n) is 2.28. The molecular weight excluding hydrogens is 238 g/mol. The number of aromatic nitrogens is 3. The van der Waals surface area contributed by atoms with Gasteiger partial charge in [0.15, 0.2) is 0 Å². The van der Waals surface area contributed by atoms with E-state index in [1.165, 1.54) is 0 Å². The zero-order valence-corrected chi connectivity index (χ0v) is 11.8. The van der Waals surface area contributed by atoms with Crippen molar-refractivity contribution in [1.29, 1.82) is 0 Å². The van der Waals surface area contributed by atoms with Gasteiger partial charge in [0.2, 0.25) is 0 Å². The van der Waals surface area contributed by atoms with Gasteiger partial charge in [0.05, 0.1) is 18.3 Å². The van der Waals surface area contributed by atoms with Gasteiger partial charge in [0.1, 0.15) is 0 Å². The van der Waals surface area contributed by atoms with Crippen LogP contribution in [0.15, 0.2) is 35.4 Å². The summed E-state index contributed by atoms with van der Waals surface area (Å²) in [7, 11) is 0. The Labute approximate surface area is 113 Å². The van der Waals surface area contributed by atoms with Crippen LogP contribution in [0.3, 0.4) is 0 Å². The molecule has 0 amide bonds. The SMILES string of the molecule is CCC(CC)n1ccc(Cn2cccc(C)c2=O)n1. The second-order valence-corrected chi connectivity index (χ2v) is 4.88. The molecule has 2 aromatic rings. The molecule has 0 radical (unpaired) electrons. The van der Waals surface area contributed by atoms with E-state index in [9.17, 15) is 4.79 Å². The topological polar surface area (TPSA) is 39.8 Å². The third kappa shape index (κ3) is 2.95. The Hall–Kier alpha value is -1.84. The van der Waals surface area contributed by atoms with Gasteiger partial charge in [-0.15, -0.1) is 0 Å². The third-order valence-electron chi connectivity index (χ3n) is 3.52. The van der Waals surface area contributed by atoms with E-state index in [1.807, 2.05) is 42.2 Å². The first-order valence-electron chi connectivity index (χ1n) is 6.85. The van der Waals surface area contributed by atoms with Gasteiger partial charge in [0.25, 0.3) is 5.56 Å². The van der Waals surface area contributed by atoms with Crippen LogP contribution in [-0.2, 0) is 6.54 Å². The summed E-state index contributed by atoms with van der Waals surface area (Å²) in [5, 5.41) is 4.58. The van der Waals surface area contributed by atoms with Crippen LogP contribution in [0, 0.1) is 6.92 Å². The average molecular weight is 259 g/mol. The van der Waals surface area contributed by atoms with Crippen molar-refractivity contribution in [1.82, 2.24) is 14.3 Å². The summed E-state index contributed by atoms with van der Waals surface area (Å²) in [6, 6.07) is 6.17. The van der Waals surface area contributed by atoms with Crippen molar-refractivity contribution in [3.05, 3.63) is 52.2 Å². The number of pyridine rings is 1. The lowest BCUT2D eigenvalue weighted by Gasteiger charge is -2.12. The molecule has 2 heterocycles. The molecule has 0 spiro atoms. The van der Waals surface area contributed by atoms with Gasteiger partial charge < -0.3 is 4.57 Å². The van der Waals surface area contributed by atoms with Crippen LogP contribution < -0.4 is 5.56 Å². The van der Waals surface area contributed by atoms with Crippen LogP contribution in [0.5, 0.6) is 0 Å². The Balaban J connectivity index is 2.20. The Bertz CT molecular complexity index is 593. The summed E-state index contributed by atoms with van der Waals surface area (Å²) in [6.45, 7) is 6.70. The zero-order valence-electron chi connectivity index (χ0n) is 11.8. The molecule has 0 saturated carbocycles. The van der Waals surface area contributed by atoms with Crippen molar-refractivity contribution in [2.24, 2.45) is 0 Å². The molecule has 2 rings (SSSR count). The molecule has 0 aliphatic heterocycles. The maximum atomic E-state index is 12.0. The minimum atomic E-state index is 0.0552. The van der Waals surface area contributed by atoms with E-state index in [2.05, 4.69) is 18.9 Å². The Kier molecular flexibility index (Phi) is 4.20. The smallest absolute Gasteiger partial charge is 0.253 e.